The van der Waals surface area contributed by atoms with Crippen molar-refractivity contribution in [3.05, 3.63) is 12.2 Å². The fourth-order valence-electron chi connectivity index (χ4n) is 1.99. The third-order valence-electron chi connectivity index (χ3n) is 3.41. The third-order valence-corrected chi connectivity index (χ3v) is 3.41. The Labute approximate surface area is 95.5 Å². The van der Waals surface area contributed by atoms with Gasteiger partial charge in [0.15, 0.2) is 0 Å². The molecule has 1 heteroatoms. The van der Waals surface area contributed by atoms with Crippen molar-refractivity contribution in [3.8, 4) is 0 Å². The minimum Gasteiger partial charge on any atom is -0.300 e. The Balaban J connectivity index is 2.27. The van der Waals surface area contributed by atoms with Crippen LogP contribution in [0.2, 0.25) is 0 Å². The van der Waals surface area contributed by atoms with Crippen molar-refractivity contribution in [2.24, 2.45) is 5.92 Å². The highest BCUT2D eigenvalue weighted by atomic mass is 15.2. The predicted octanol–water partition coefficient (Wildman–Crippen LogP) is 3.85. The van der Waals surface area contributed by atoms with Gasteiger partial charge in [0.05, 0.1) is 0 Å². The third kappa shape index (κ3) is 4.83. The first-order valence-corrected chi connectivity index (χ1v) is 6.48. The predicted molar refractivity (Wildman–Crippen MR) is 68.1 cm³/mol. The molecule has 15 heavy (non-hydrogen) atoms. The van der Waals surface area contributed by atoms with E-state index in [2.05, 4.69) is 32.3 Å². The van der Waals surface area contributed by atoms with Gasteiger partial charge in [0.25, 0.3) is 0 Å². The van der Waals surface area contributed by atoms with Crippen molar-refractivity contribution in [1.82, 2.24) is 4.90 Å². The maximum atomic E-state index is 4.00. The van der Waals surface area contributed by atoms with Gasteiger partial charge >= 0.3 is 0 Å². The highest BCUT2D eigenvalue weighted by Gasteiger charge is 2.24. The molecule has 0 unspecified atom stereocenters. The van der Waals surface area contributed by atoms with Crippen molar-refractivity contribution in [2.45, 2.75) is 58.9 Å². The Morgan fingerprint density at radius 1 is 1.33 bits per heavy atom. The Hall–Kier alpha value is -0.300. The summed E-state index contributed by atoms with van der Waals surface area (Å²) in [5, 5.41) is 0. The van der Waals surface area contributed by atoms with Crippen LogP contribution in [-0.2, 0) is 0 Å². The van der Waals surface area contributed by atoms with Crippen molar-refractivity contribution in [2.75, 3.05) is 13.1 Å². The average Bonchev–Trinajstić information content (AvgIpc) is 2.05. The lowest BCUT2D eigenvalue weighted by molar-refractivity contribution is 0.122. The minimum atomic E-state index is 0.831. The van der Waals surface area contributed by atoms with Crippen LogP contribution in [0.25, 0.3) is 0 Å². The van der Waals surface area contributed by atoms with Crippen LogP contribution in [0.1, 0.15) is 52.9 Å². The molecule has 0 atom stereocenters. The fraction of sp³-hybridized carbons (Fsp3) is 0.857. The van der Waals surface area contributed by atoms with Crippen LogP contribution in [0, 0.1) is 5.92 Å². The molecule has 1 aliphatic carbocycles. The van der Waals surface area contributed by atoms with Gasteiger partial charge in [-0.15, -0.1) is 6.58 Å². The zero-order valence-electron chi connectivity index (χ0n) is 10.8. The molecule has 88 valence electrons. The number of hydrogen-bond donors (Lipinski definition) is 0. The van der Waals surface area contributed by atoms with Crippen LogP contribution in [0.5, 0.6) is 0 Å². The molecule has 1 saturated carbocycles. The van der Waals surface area contributed by atoms with Crippen molar-refractivity contribution < 1.29 is 0 Å². The summed E-state index contributed by atoms with van der Waals surface area (Å²) >= 11 is 0. The molecule has 1 fully saturated rings. The normalized spacial score (nSPS) is 17.1. The van der Waals surface area contributed by atoms with E-state index in [1.807, 2.05) is 0 Å². The molecule has 0 amide bonds. The van der Waals surface area contributed by atoms with E-state index in [4.69, 9.17) is 0 Å². The van der Waals surface area contributed by atoms with Gasteiger partial charge in [0.1, 0.15) is 0 Å². The minimum absolute atomic E-state index is 0.831. The second-order valence-electron chi connectivity index (χ2n) is 5.51. The monoisotopic (exact) mass is 209 g/mol. The zero-order valence-corrected chi connectivity index (χ0v) is 10.8. The second-order valence-corrected chi connectivity index (χ2v) is 5.51. The molecular formula is C14H27N. The largest absolute Gasteiger partial charge is 0.300 e. The van der Waals surface area contributed by atoms with Gasteiger partial charge in [-0.1, -0.05) is 25.8 Å². The van der Waals surface area contributed by atoms with Gasteiger partial charge in [-0.05, 0) is 45.1 Å². The van der Waals surface area contributed by atoms with Crippen molar-refractivity contribution >= 4 is 0 Å². The Bertz CT molecular complexity index is 192. The number of nitrogens with zero attached hydrogens (tertiary/aromatic N) is 1. The second kappa shape index (κ2) is 6.32. The molecule has 1 nitrogen and oxygen atoms in total. The van der Waals surface area contributed by atoms with Crippen LogP contribution in [0.4, 0.5) is 0 Å². The lowest BCUT2D eigenvalue weighted by Gasteiger charge is -2.38. The molecule has 0 aliphatic heterocycles. The van der Waals surface area contributed by atoms with E-state index < -0.39 is 0 Å². The number of hydrogen-bond acceptors (Lipinski definition) is 1. The van der Waals surface area contributed by atoms with E-state index >= 15 is 0 Å². The Kier molecular flexibility index (Phi) is 5.38. The molecule has 0 bridgehead atoms. The number of rotatable bonds is 7. The first-order valence-electron chi connectivity index (χ1n) is 6.48. The van der Waals surface area contributed by atoms with Gasteiger partial charge in [-0.25, -0.2) is 0 Å². The maximum absolute atomic E-state index is 4.00. The molecule has 0 spiro atoms. The van der Waals surface area contributed by atoms with Crippen molar-refractivity contribution in [3.63, 3.8) is 0 Å². The van der Waals surface area contributed by atoms with Gasteiger partial charge in [0.2, 0.25) is 0 Å². The summed E-state index contributed by atoms with van der Waals surface area (Å²) in [5.41, 5.74) is 1.32. The van der Waals surface area contributed by atoms with Crippen LogP contribution < -0.4 is 0 Å². The van der Waals surface area contributed by atoms with E-state index in [1.165, 1.54) is 50.8 Å². The smallest absolute Gasteiger partial charge is 0.00954 e. The summed E-state index contributed by atoms with van der Waals surface area (Å²) in [6.45, 7) is 13.3. The summed E-state index contributed by atoms with van der Waals surface area (Å²) in [6.07, 6.45) is 6.81. The van der Waals surface area contributed by atoms with Gasteiger partial charge in [-0.2, -0.15) is 0 Å². The van der Waals surface area contributed by atoms with Crippen molar-refractivity contribution in [1.29, 1.82) is 0 Å². The zero-order chi connectivity index (χ0) is 11.3. The SMILES string of the molecule is C=C(C)CCN(CCC(C)C)C1CCC1. The Morgan fingerprint density at radius 2 is 2.00 bits per heavy atom. The quantitative estimate of drug-likeness (QED) is 0.576. The summed E-state index contributed by atoms with van der Waals surface area (Å²) in [7, 11) is 0. The van der Waals surface area contributed by atoms with Crippen LogP contribution in [0.3, 0.4) is 0 Å². The summed E-state index contributed by atoms with van der Waals surface area (Å²) < 4.78 is 0. The molecule has 1 aliphatic rings. The lowest BCUT2D eigenvalue weighted by atomic mass is 9.90. The molecule has 0 heterocycles. The highest BCUT2D eigenvalue weighted by Crippen LogP contribution is 2.25. The van der Waals surface area contributed by atoms with E-state index in [9.17, 15) is 0 Å². The molecular weight excluding hydrogens is 182 g/mol. The summed E-state index contributed by atoms with van der Waals surface area (Å²) in [5.74, 6) is 0.831. The summed E-state index contributed by atoms with van der Waals surface area (Å²) in [4.78, 5) is 2.69. The van der Waals surface area contributed by atoms with E-state index in [1.54, 1.807) is 0 Å². The molecule has 0 aromatic carbocycles. The van der Waals surface area contributed by atoms with Gasteiger partial charge in [-0.3, -0.25) is 0 Å². The topological polar surface area (TPSA) is 3.24 Å². The maximum Gasteiger partial charge on any atom is 0.00954 e. The van der Waals surface area contributed by atoms with Gasteiger partial charge < -0.3 is 4.90 Å². The fourth-order valence-corrected chi connectivity index (χ4v) is 1.99. The van der Waals surface area contributed by atoms with E-state index in [-0.39, 0.29) is 0 Å². The molecule has 1 rings (SSSR count). The van der Waals surface area contributed by atoms with Gasteiger partial charge in [0, 0.05) is 12.6 Å². The first kappa shape index (κ1) is 12.8. The molecule has 0 radical (unpaired) electrons. The highest BCUT2D eigenvalue weighted by molar-refractivity contribution is 4.90. The van der Waals surface area contributed by atoms with E-state index in [0.29, 0.717) is 0 Å². The Morgan fingerprint density at radius 3 is 2.40 bits per heavy atom. The average molecular weight is 209 g/mol. The van der Waals surface area contributed by atoms with E-state index in [0.717, 1.165) is 12.0 Å². The molecule has 0 N–H and O–H groups in total. The lowest BCUT2D eigenvalue weighted by Crippen LogP contribution is -2.41. The molecule has 0 saturated heterocycles. The summed E-state index contributed by atoms with van der Waals surface area (Å²) in [6, 6.07) is 0.892. The van der Waals surface area contributed by atoms with Crippen LogP contribution >= 0.6 is 0 Å². The molecule has 0 aromatic heterocycles. The molecule has 0 aromatic rings. The van der Waals surface area contributed by atoms with Crippen LogP contribution in [-0.4, -0.2) is 24.0 Å². The van der Waals surface area contributed by atoms with Crippen LogP contribution in [0.15, 0.2) is 12.2 Å². The standard InChI is InChI=1S/C14H27N/c1-12(2)8-10-15(11-9-13(3)4)14-6-5-7-14/h13-14H,1,5-11H2,2-4H3. The first-order chi connectivity index (χ1) is 7.09.